The fraction of sp³-hybridized carbons (Fsp3) is 0.455. The van der Waals surface area contributed by atoms with Crippen molar-refractivity contribution in [3.8, 4) is 0 Å². The minimum atomic E-state index is 0.609. The molecule has 3 heteroatoms. The van der Waals surface area contributed by atoms with E-state index >= 15 is 0 Å². The Labute approximate surface area is 93.2 Å². The van der Waals surface area contributed by atoms with Gasteiger partial charge in [0.25, 0.3) is 0 Å². The summed E-state index contributed by atoms with van der Waals surface area (Å²) in [6.07, 6.45) is 1.08. The molecule has 1 aromatic carbocycles. The molecule has 0 bridgehead atoms. The van der Waals surface area contributed by atoms with Crippen LogP contribution < -0.4 is 10.6 Å². The van der Waals surface area contributed by atoms with E-state index in [0.717, 1.165) is 19.5 Å². The molecule has 14 heavy (non-hydrogen) atoms. The normalized spacial score (nSPS) is 19.9. The molecule has 0 aliphatic carbocycles. The SMILES string of the molecule is CN1CC(CCN)c2cccc(Br)c21. The highest BCUT2D eigenvalue weighted by Crippen LogP contribution is 2.41. The number of fused-ring (bicyclic) bond motifs is 1. The van der Waals surface area contributed by atoms with E-state index in [1.807, 2.05) is 0 Å². The number of anilines is 1. The Bertz CT molecular complexity index is 338. The van der Waals surface area contributed by atoms with Crippen molar-refractivity contribution >= 4 is 21.6 Å². The monoisotopic (exact) mass is 254 g/mol. The standard InChI is InChI=1S/C11H15BrN2/c1-14-7-8(5-6-13)9-3-2-4-10(12)11(9)14/h2-4,8H,5-7,13H2,1H3. The van der Waals surface area contributed by atoms with Gasteiger partial charge in [-0.2, -0.15) is 0 Å². The van der Waals surface area contributed by atoms with Gasteiger partial charge in [-0.1, -0.05) is 12.1 Å². The van der Waals surface area contributed by atoms with Crippen molar-refractivity contribution in [3.63, 3.8) is 0 Å². The zero-order valence-corrected chi connectivity index (χ0v) is 9.92. The lowest BCUT2D eigenvalue weighted by molar-refractivity contribution is 0.662. The Kier molecular flexibility index (Phi) is 2.79. The molecule has 0 saturated heterocycles. The van der Waals surface area contributed by atoms with Gasteiger partial charge in [0.1, 0.15) is 0 Å². The van der Waals surface area contributed by atoms with Gasteiger partial charge in [-0.05, 0) is 40.5 Å². The summed E-state index contributed by atoms with van der Waals surface area (Å²) < 4.78 is 1.19. The zero-order valence-electron chi connectivity index (χ0n) is 8.33. The molecule has 1 heterocycles. The highest BCUT2D eigenvalue weighted by Gasteiger charge is 2.26. The number of hydrogen-bond donors (Lipinski definition) is 1. The van der Waals surface area contributed by atoms with E-state index in [1.165, 1.54) is 15.7 Å². The minimum Gasteiger partial charge on any atom is -0.373 e. The quantitative estimate of drug-likeness (QED) is 0.878. The Balaban J connectivity index is 2.39. The maximum absolute atomic E-state index is 5.62. The molecule has 0 aromatic heterocycles. The number of rotatable bonds is 2. The van der Waals surface area contributed by atoms with Crippen LogP contribution in [0.5, 0.6) is 0 Å². The van der Waals surface area contributed by atoms with Crippen LogP contribution in [0.2, 0.25) is 0 Å². The summed E-state index contributed by atoms with van der Waals surface area (Å²) in [5.41, 5.74) is 8.39. The number of nitrogens with two attached hydrogens (primary N) is 1. The Morgan fingerprint density at radius 2 is 2.36 bits per heavy atom. The maximum atomic E-state index is 5.62. The van der Waals surface area contributed by atoms with Crippen molar-refractivity contribution in [1.29, 1.82) is 0 Å². The van der Waals surface area contributed by atoms with Gasteiger partial charge in [-0.15, -0.1) is 0 Å². The molecular formula is C11H15BrN2. The van der Waals surface area contributed by atoms with Gasteiger partial charge in [0.2, 0.25) is 0 Å². The van der Waals surface area contributed by atoms with Crippen LogP contribution in [-0.2, 0) is 0 Å². The first-order chi connectivity index (χ1) is 6.74. The lowest BCUT2D eigenvalue weighted by Crippen LogP contribution is -2.17. The molecule has 1 unspecified atom stereocenters. The van der Waals surface area contributed by atoms with Crippen molar-refractivity contribution in [3.05, 3.63) is 28.2 Å². The van der Waals surface area contributed by atoms with E-state index in [-0.39, 0.29) is 0 Å². The van der Waals surface area contributed by atoms with E-state index in [2.05, 4.69) is 46.1 Å². The van der Waals surface area contributed by atoms with Crippen LogP contribution in [0.1, 0.15) is 17.9 Å². The Morgan fingerprint density at radius 1 is 1.57 bits per heavy atom. The smallest absolute Gasteiger partial charge is 0.0544 e. The van der Waals surface area contributed by atoms with Crippen LogP contribution in [0.15, 0.2) is 22.7 Å². The van der Waals surface area contributed by atoms with E-state index in [4.69, 9.17) is 5.73 Å². The first-order valence-electron chi connectivity index (χ1n) is 4.93. The summed E-state index contributed by atoms with van der Waals surface area (Å²) >= 11 is 3.59. The van der Waals surface area contributed by atoms with Crippen LogP contribution in [-0.4, -0.2) is 20.1 Å². The van der Waals surface area contributed by atoms with Gasteiger partial charge in [-0.25, -0.2) is 0 Å². The van der Waals surface area contributed by atoms with Crippen molar-refractivity contribution in [2.45, 2.75) is 12.3 Å². The van der Waals surface area contributed by atoms with Gasteiger partial charge in [0.05, 0.1) is 5.69 Å². The van der Waals surface area contributed by atoms with E-state index in [1.54, 1.807) is 0 Å². The van der Waals surface area contributed by atoms with E-state index < -0.39 is 0 Å². The highest BCUT2D eigenvalue weighted by atomic mass is 79.9. The molecule has 0 radical (unpaired) electrons. The molecule has 0 amide bonds. The summed E-state index contributed by atoms with van der Waals surface area (Å²) in [4.78, 5) is 2.31. The molecule has 0 fully saturated rings. The molecule has 0 saturated carbocycles. The number of benzene rings is 1. The number of para-hydroxylation sites is 1. The van der Waals surface area contributed by atoms with E-state index in [0.29, 0.717) is 5.92 Å². The molecule has 1 aliphatic heterocycles. The number of halogens is 1. The Morgan fingerprint density at radius 3 is 3.07 bits per heavy atom. The average Bonchev–Trinajstić information content (AvgIpc) is 2.46. The zero-order chi connectivity index (χ0) is 10.1. The molecule has 1 atom stereocenters. The third-order valence-electron chi connectivity index (χ3n) is 2.85. The van der Waals surface area contributed by atoms with Crippen LogP contribution in [0.25, 0.3) is 0 Å². The number of hydrogen-bond acceptors (Lipinski definition) is 2. The second-order valence-electron chi connectivity index (χ2n) is 3.83. The van der Waals surface area contributed by atoms with Crippen LogP contribution >= 0.6 is 15.9 Å². The predicted octanol–water partition coefficient (Wildman–Crippen LogP) is 2.33. The number of likely N-dealkylation sites (N-methyl/N-ethyl adjacent to an activating group) is 1. The first kappa shape index (κ1) is 9.99. The van der Waals surface area contributed by atoms with Gasteiger partial charge in [0.15, 0.2) is 0 Å². The summed E-state index contributed by atoms with van der Waals surface area (Å²) in [5.74, 6) is 0.609. The van der Waals surface area contributed by atoms with Gasteiger partial charge >= 0.3 is 0 Å². The van der Waals surface area contributed by atoms with Gasteiger partial charge < -0.3 is 10.6 Å². The fourth-order valence-electron chi connectivity index (χ4n) is 2.23. The molecule has 1 aliphatic rings. The Hall–Kier alpha value is -0.540. The van der Waals surface area contributed by atoms with Crippen molar-refractivity contribution in [2.24, 2.45) is 5.73 Å². The second kappa shape index (κ2) is 3.91. The van der Waals surface area contributed by atoms with Gasteiger partial charge in [-0.3, -0.25) is 0 Å². The molecule has 76 valence electrons. The molecule has 0 spiro atoms. The minimum absolute atomic E-state index is 0.609. The summed E-state index contributed by atoms with van der Waals surface area (Å²) in [6.45, 7) is 1.86. The lowest BCUT2D eigenvalue weighted by atomic mass is 9.98. The largest absolute Gasteiger partial charge is 0.373 e. The molecule has 2 nitrogen and oxygen atoms in total. The maximum Gasteiger partial charge on any atom is 0.0544 e. The topological polar surface area (TPSA) is 29.3 Å². The molecule has 1 aromatic rings. The van der Waals surface area contributed by atoms with Gasteiger partial charge in [0, 0.05) is 24.0 Å². The highest BCUT2D eigenvalue weighted by molar-refractivity contribution is 9.10. The predicted molar refractivity (Wildman–Crippen MR) is 63.8 cm³/mol. The van der Waals surface area contributed by atoms with Crippen LogP contribution in [0.3, 0.4) is 0 Å². The number of nitrogens with zero attached hydrogens (tertiary/aromatic N) is 1. The summed E-state index contributed by atoms with van der Waals surface area (Å²) in [5, 5.41) is 0. The summed E-state index contributed by atoms with van der Waals surface area (Å²) in [6, 6.07) is 6.41. The lowest BCUT2D eigenvalue weighted by Gasteiger charge is -2.13. The van der Waals surface area contributed by atoms with Crippen LogP contribution in [0.4, 0.5) is 5.69 Å². The van der Waals surface area contributed by atoms with Crippen LogP contribution in [0, 0.1) is 0 Å². The van der Waals surface area contributed by atoms with Crippen molar-refractivity contribution in [1.82, 2.24) is 0 Å². The molecule has 2 N–H and O–H groups in total. The summed E-state index contributed by atoms with van der Waals surface area (Å²) in [7, 11) is 2.14. The van der Waals surface area contributed by atoms with Crippen molar-refractivity contribution in [2.75, 3.05) is 25.0 Å². The average molecular weight is 255 g/mol. The molecular weight excluding hydrogens is 240 g/mol. The van der Waals surface area contributed by atoms with Crippen molar-refractivity contribution < 1.29 is 0 Å². The second-order valence-corrected chi connectivity index (χ2v) is 4.69. The third-order valence-corrected chi connectivity index (χ3v) is 3.49. The third kappa shape index (κ3) is 1.55. The molecule has 2 rings (SSSR count). The first-order valence-corrected chi connectivity index (χ1v) is 5.73. The van der Waals surface area contributed by atoms with E-state index in [9.17, 15) is 0 Å². The fourth-order valence-corrected chi connectivity index (χ4v) is 2.92.